The van der Waals surface area contributed by atoms with E-state index in [4.69, 9.17) is 0 Å². The fourth-order valence-corrected chi connectivity index (χ4v) is 7.39. The van der Waals surface area contributed by atoms with Gasteiger partial charge in [0, 0.05) is 11.8 Å². The molecule has 0 aliphatic heterocycles. The van der Waals surface area contributed by atoms with Crippen LogP contribution in [0, 0.1) is 22.7 Å². The highest BCUT2D eigenvalue weighted by atomic mass is 19.4. The number of alkyl halides is 3. The highest BCUT2D eigenvalue weighted by Gasteiger charge is 2.63. The second-order valence-corrected chi connectivity index (χ2v) is 10.4. The minimum absolute atomic E-state index is 0.140. The summed E-state index contributed by atoms with van der Waals surface area (Å²) in [6.07, 6.45) is 0.344. The molecule has 0 amide bonds. The monoisotopic (exact) mass is 450 g/mol. The largest absolute Gasteiger partial charge is 0.508 e. The van der Waals surface area contributed by atoms with Crippen molar-refractivity contribution in [3.63, 3.8) is 0 Å². The number of carbonyl (C=O) groups is 1. The van der Waals surface area contributed by atoms with Gasteiger partial charge >= 0.3 is 6.18 Å². The van der Waals surface area contributed by atoms with Crippen molar-refractivity contribution in [1.82, 2.24) is 0 Å². The number of halogens is 3. The van der Waals surface area contributed by atoms with Crippen LogP contribution in [-0.2, 0) is 11.2 Å². The Kier molecular flexibility index (Phi) is 5.98. The van der Waals surface area contributed by atoms with Crippen molar-refractivity contribution in [1.29, 1.82) is 0 Å². The third kappa shape index (κ3) is 3.68. The topological polar surface area (TPSA) is 57.5 Å². The summed E-state index contributed by atoms with van der Waals surface area (Å²) in [5.41, 5.74) is 1.67. The van der Waals surface area contributed by atoms with Gasteiger partial charge in [0.25, 0.3) is 0 Å². The van der Waals surface area contributed by atoms with Gasteiger partial charge < -0.3 is 10.2 Å². The first-order valence-electron chi connectivity index (χ1n) is 11.8. The number of allylic oxidation sites excluding steroid dienone is 1. The zero-order chi connectivity index (χ0) is 23.3. The molecule has 3 aliphatic rings. The van der Waals surface area contributed by atoms with Gasteiger partial charge in [-0.25, -0.2) is 0 Å². The average molecular weight is 451 g/mol. The second kappa shape index (κ2) is 8.19. The lowest BCUT2D eigenvalue weighted by molar-refractivity contribution is -0.205. The third-order valence-corrected chi connectivity index (χ3v) is 8.80. The van der Waals surface area contributed by atoms with Crippen molar-refractivity contribution in [2.24, 2.45) is 22.7 Å². The predicted octanol–water partition coefficient (Wildman–Crippen LogP) is 6.08. The molecule has 3 aliphatic carbocycles. The van der Waals surface area contributed by atoms with Crippen LogP contribution in [0.3, 0.4) is 0 Å². The second-order valence-electron chi connectivity index (χ2n) is 10.4. The van der Waals surface area contributed by atoms with Crippen LogP contribution in [0.1, 0.15) is 75.3 Å². The normalized spacial score (nSPS) is 35.0. The van der Waals surface area contributed by atoms with E-state index in [1.54, 1.807) is 6.07 Å². The Hall–Kier alpha value is -1.82. The van der Waals surface area contributed by atoms with Crippen molar-refractivity contribution in [2.75, 3.05) is 0 Å². The van der Waals surface area contributed by atoms with Crippen LogP contribution in [0.5, 0.6) is 5.75 Å². The SMILES string of the molecule is C=C[C@@]12CCc3cc(O)ccc3[C@H]1[C@@H](CCCC[C@H](O)C(F)(F)F)C[C@]1(C)C(=O)CC[C@@H]21. The third-order valence-electron chi connectivity index (χ3n) is 8.80. The van der Waals surface area contributed by atoms with E-state index in [1.807, 2.05) is 12.1 Å². The van der Waals surface area contributed by atoms with Crippen molar-refractivity contribution in [3.8, 4) is 5.75 Å². The van der Waals surface area contributed by atoms with E-state index in [2.05, 4.69) is 19.6 Å². The van der Waals surface area contributed by atoms with E-state index >= 15 is 0 Å². The lowest BCUT2D eigenvalue weighted by Crippen LogP contribution is -2.53. The lowest BCUT2D eigenvalue weighted by atomic mass is 9.44. The van der Waals surface area contributed by atoms with E-state index in [-0.39, 0.29) is 35.3 Å². The number of carbonyl (C=O) groups excluding carboxylic acids is 1. The Morgan fingerprint density at radius 3 is 2.72 bits per heavy atom. The molecule has 32 heavy (non-hydrogen) atoms. The number of unbranched alkanes of at least 4 members (excludes halogenated alkanes) is 1. The molecule has 176 valence electrons. The number of aliphatic hydroxyl groups excluding tert-OH is 1. The molecular formula is C26H33F3O3. The zero-order valence-corrected chi connectivity index (χ0v) is 18.6. The van der Waals surface area contributed by atoms with Crippen molar-refractivity contribution in [3.05, 3.63) is 42.0 Å². The Balaban J connectivity index is 1.64. The molecule has 2 fully saturated rings. The van der Waals surface area contributed by atoms with Gasteiger partial charge in [0.05, 0.1) is 0 Å². The van der Waals surface area contributed by atoms with Crippen LogP contribution in [0.4, 0.5) is 13.2 Å². The number of ketones is 1. The number of benzene rings is 1. The maximum Gasteiger partial charge on any atom is 0.414 e. The zero-order valence-electron chi connectivity index (χ0n) is 18.6. The molecule has 0 spiro atoms. The Labute approximate surface area is 187 Å². The number of fused-ring (bicyclic) bond motifs is 5. The van der Waals surface area contributed by atoms with Crippen LogP contribution in [-0.4, -0.2) is 28.3 Å². The minimum atomic E-state index is -4.58. The molecule has 0 unspecified atom stereocenters. The maximum absolute atomic E-state index is 13.0. The number of aromatic hydroxyl groups is 1. The summed E-state index contributed by atoms with van der Waals surface area (Å²) < 4.78 is 38.0. The highest BCUT2D eigenvalue weighted by Crippen LogP contribution is 2.68. The molecule has 0 saturated heterocycles. The quantitative estimate of drug-likeness (QED) is 0.408. The number of phenols is 1. The van der Waals surface area contributed by atoms with E-state index in [0.29, 0.717) is 31.5 Å². The predicted molar refractivity (Wildman–Crippen MR) is 116 cm³/mol. The molecule has 1 aromatic rings. The summed E-state index contributed by atoms with van der Waals surface area (Å²) >= 11 is 0. The van der Waals surface area contributed by atoms with Crippen LogP contribution in [0.2, 0.25) is 0 Å². The molecule has 6 atom stereocenters. The first-order valence-corrected chi connectivity index (χ1v) is 11.8. The van der Waals surface area contributed by atoms with Gasteiger partial charge in [-0.3, -0.25) is 4.79 Å². The van der Waals surface area contributed by atoms with Crippen LogP contribution in [0.15, 0.2) is 30.9 Å². The molecule has 1 aromatic carbocycles. The Morgan fingerprint density at radius 2 is 2.03 bits per heavy atom. The number of phenolic OH excluding ortho intramolecular Hbond substituents is 1. The van der Waals surface area contributed by atoms with Crippen LogP contribution >= 0.6 is 0 Å². The number of Topliss-reactive ketones (excluding diaryl/α,β-unsaturated/α-hetero) is 1. The molecule has 0 heterocycles. The molecule has 2 saturated carbocycles. The first kappa shape index (κ1) is 23.3. The summed E-state index contributed by atoms with van der Waals surface area (Å²) in [4.78, 5) is 13.0. The number of hydrogen-bond donors (Lipinski definition) is 2. The average Bonchev–Trinajstić information content (AvgIpc) is 3.04. The number of rotatable bonds is 6. The standard InChI is InChI=1S/C26H33F3O3/c1-3-25-13-12-16-14-18(30)8-9-19(16)23(25)17(6-4-5-7-22(32)26(27,28)29)15-24(2)20(25)10-11-21(24)31/h3,8-9,14,17,20,22-23,30,32H,1,4-7,10-13,15H2,2H3/t17-,20+,22-,23+,24-,25-/m0/s1. The van der Waals surface area contributed by atoms with E-state index in [1.165, 1.54) is 5.56 Å². The van der Waals surface area contributed by atoms with E-state index < -0.39 is 17.7 Å². The van der Waals surface area contributed by atoms with E-state index in [9.17, 15) is 28.2 Å². The summed E-state index contributed by atoms with van der Waals surface area (Å²) in [5, 5.41) is 19.3. The number of hydrogen-bond acceptors (Lipinski definition) is 3. The fraction of sp³-hybridized carbons (Fsp3) is 0.654. The van der Waals surface area contributed by atoms with Crippen molar-refractivity contribution in [2.45, 2.75) is 82.9 Å². The van der Waals surface area contributed by atoms with Gasteiger partial charge in [-0.15, -0.1) is 6.58 Å². The highest BCUT2D eigenvalue weighted by molar-refractivity contribution is 5.87. The Morgan fingerprint density at radius 1 is 1.28 bits per heavy atom. The molecule has 0 bridgehead atoms. The molecule has 2 N–H and O–H groups in total. The van der Waals surface area contributed by atoms with Crippen LogP contribution in [0.25, 0.3) is 0 Å². The van der Waals surface area contributed by atoms with Gasteiger partial charge in [-0.1, -0.05) is 31.9 Å². The summed E-state index contributed by atoms with van der Waals surface area (Å²) in [5.74, 6) is 1.04. The van der Waals surface area contributed by atoms with E-state index in [0.717, 1.165) is 31.2 Å². The number of aryl methyl sites for hydroxylation is 1. The summed E-state index contributed by atoms with van der Waals surface area (Å²) in [7, 11) is 0. The lowest BCUT2D eigenvalue weighted by Gasteiger charge is -2.59. The Bertz CT molecular complexity index is 895. The smallest absolute Gasteiger partial charge is 0.414 e. The fourth-order valence-electron chi connectivity index (χ4n) is 7.39. The van der Waals surface area contributed by atoms with Gasteiger partial charge in [0.1, 0.15) is 17.6 Å². The molecule has 3 nitrogen and oxygen atoms in total. The molecule has 6 heteroatoms. The van der Waals surface area contributed by atoms with Crippen LogP contribution < -0.4 is 0 Å². The molecule has 0 radical (unpaired) electrons. The van der Waals surface area contributed by atoms with Gasteiger partial charge in [0.2, 0.25) is 0 Å². The summed E-state index contributed by atoms with van der Waals surface area (Å²) in [6, 6.07) is 5.53. The minimum Gasteiger partial charge on any atom is -0.508 e. The van der Waals surface area contributed by atoms with Gasteiger partial charge in [-0.2, -0.15) is 13.2 Å². The van der Waals surface area contributed by atoms with Crippen molar-refractivity contribution >= 4 is 5.78 Å². The molecule has 0 aromatic heterocycles. The molecule has 4 rings (SSSR count). The summed E-state index contributed by atoms with van der Waals surface area (Å²) in [6.45, 7) is 6.31. The molecular weight excluding hydrogens is 417 g/mol. The first-order chi connectivity index (χ1) is 15.0. The maximum atomic E-state index is 13.0. The van der Waals surface area contributed by atoms with Gasteiger partial charge in [0.15, 0.2) is 0 Å². The number of aliphatic hydroxyl groups is 1. The van der Waals surface area contributed by atoms with Gasteiger partial charge in [-0.05, 0) is 85.0 Å². The van der Waals surface area contributed by atoms with Crippen molar-refractivity contribution < 1.29 is 28.2 Å².